The van der Waals surface area contributed by atoms with Gasteiger partial charge in [-0.15, -0.1) is 6.58 Å². The largest absolute Gasteiger partial charge is 0.455 e. The maximum absolute atomic E-state index is 12.4. The van der Waals surface area contributed by atoms with E-state index >= 15 is 0 Å². The predicted molar refractivity (Wildman–Crippen MR) is 84.9 cm³/mol. The van der Waals surface area contributed by atoms with Crippen LogP contribution in [0, 0.1) is 5.92 Å². The van der Waals surface area contributed by atoms with Crippen LogP contribution in [0.4, 0.5) is 0 Å². The van der Waals surface area contributed by atoms with Crippen molar-refractivity contribution in [2.24, 2.45) is 5.92 Å². The molecule has 0 aromatic heterocycles. The molecule has 0 saturated carbocycles. The molecule has 0 saturated heterocycles. The molecule has 114 valence electrons. The molecule has 0 spiro atoms. The van der Waals surface area contributed by atoms with E-state index < -0.39 is 6.10 Å². The quantitative estimate of drug-likeness (QED) is 0.560. The summed E-state index contributed by atoms with van der Waals surface area (Å²) in [6.07, 6.45) is 2.70. The first kappa shape index (κ1) is 17.2. The Hall–Kier alpha value is -1.87. The molecule has 0 fully saturated rings. The molecular formula is C18H24O3. The number of benzene rings is 1. The van der Waals surface area contributed by atoms with E-state index in [1.165, 1.54) is 7.11 Å². The number of hydrogen-bond acceptors (Lipinski definition) is 3. The first-order chi connectivity index (χ1) is 10.0. The van der Waals surface area contributed by atoms with Gasteiger partial charge in [0, 0.05) is 13.0 Å². The summed E-state index contributed by atoms with van der Waals surface area (Å²) in [5.74, 6) is -0.345. The molecule has 1 rings (SSSR count). The standard InChI is InChI=1S/C18H24O3/c1-6-13(3)16(14(4)7-2)21-18(19)17(20-5)15-11-9-8-10-12-15/h6-13,16-17H,1H2,2-5H3/b14-7+/t13-,16-,17-/m1/s1. The molecule has 3 nitrogen and oxygen atoms in total. The topological polar surface area (TPSA) is 35.5 Å². The molecule has 3 atom stereocenters. The van der Waals surface area contributed by atoms with Gasteiger partial charge in [0.1, 0.15) is 6.10 Å². The number of allylic oxidation sites excluding steroid dienone is 1. The lowest BCUT2D eigenvalue weighted by Gasteiger charge is -2.25. The van der Waals surface area contributed by atoms with E-state index in [9.17, 15) is 4.79 Å². The van der Waals surface area contributed by atoms with Crippen LogP contribution in [0.25, 0.3) is 0 Å². The molecule has 0 heterocycles. The zero-order valence-corrected chi connectivity index (χ0v) is 13.2. The molecule has 0 radical (unpaired) electrons. The molecule has 1 aromatic rings. The van der Waals surface area contributed by atoms with Gasteiger partial charge in [0.25, 0.3) is 0 Å². The summed E-state index contributed by atoms with van der Waals surface area (Å²) in [6, 6.07) is 9.34. The van der Waals surface area contributed by atoms with Crippen LogP contribution in [-0.2, 0) is 14.3 Å². The Morgan fingerprint density at radius 2 is 1.90 bits per heavy atom. The van der Waals surface area contributed by atoms with Crippen LogP contribution < -0.4 is 0 Å². The van der Waals surface area contributed by atoms with Crippen molar-refractivity contribution in [2.45, 2.75) is 33.0 Å². The van der Waals surface area contributed by atoms with Crippen LogP contribution >= 0.6 is 0 Å². The third kappa shape index (κ3) is 4.57. The third-order valence-corrected chi connectivity index (χ3v) is 3.55. The average Bonchev–Trinajstić information content (AvgIpc) is 2.52. The lowest BCUT2D eigenvalue weighted by molar-refractivity contribution is -0.161. The van der Waals surface area contributed by atoms with Crippen LogP contribution in [0.2, 0.25) is 0 Å². The van der Waals surface area contributed by atoms with E-state index in [0.29, 0.717) is 0 Å². The maximum Gasteiger partial charge on any atom is 0.340 e. The summed E-state index contributed by atoms with van der Waals surface area (Å²) in [6.45, 7) is 9.63. The van der Waals surface area contributed by atoms with Crippen molar-refractivity contribution in [2.75, 3.05) is 7.11 Å². The molecule has 0 amide bonds. The average molecular weight is 288 g/mol. The van der Waals surface area contributed by atoms with E-state index in [4.69, 9.17) is 9.47 Å². The fraction of sp³-hybridized carbons (Fsp3) is 0.389. The molecule has 21 heavy (non-hydrogen) atoms. The van der Waals surface area contributed by atoms with Crippen molar-refractivity contribution in [1.29, 1.82) is 0 Å². The number of esters is 1. The first-order valence-corrected chi connectivity index (χ1v) is 7.08. The van der Waals surface area contributed by atoms with Gasteiger partial charge in [-0.3, -0.25) is 0 Å². The zero-order chi connectivity index (χ0) is 15.8. The number of rotatable bonds is 7. The van der Waals surface area contributed by atoms with Crippen molar-refractivity contribution in [3.63, 3.8) is 0 Å². The third-order valence-electron chi connectivity index (χ3n) is 3.55. The van der Waals surface area contributed by atoms with Gasteiger partial charge in [-0.05, 0) is 25.0 Å². The van der Waals surface area contributed by atoms with Crippen LogP contribution in [0.1, 0.15) is 32.4 Å². The normalized spacial score (nSPS) is 15.9. The summed E-state index contributed by atoms with van der Waals surface area (Å²) in [5, 5.41) is 0. The highest BCUT2D eigenvalue weighted by Gasteiger charge is 2.27. The number of hydrogen-bond donors (Lipinski definition) is 0. The monoisotopic (exact) mass is 288 g/mol. The summed E-state index contributed by atoms with van der Waals surface area (Å²) in [4.78, 5) is 12.4. The minimum Gasteiger partial charge on any atom is -0.455 e. The highest BCUT2D eigenvalue weighted by atomic mass is 16.6. The molecule has 0 aliphatic heterocycles. The minimum absolute atomic E-state index is 0.0402. The van der Waals surface area contributed by atoms with Crippen LogP contribution in [0.3, 0.4) is 0 Å². The van der Waals surface area contributed by atoms with Gasteiger partial charge in [-0.2, -0.15) is 0 Å². The van der Waals surface area contributed by atoms with Crippen LogP contribution in [0.15, 0.2) is 54.6 Å². The molecule has 0 aliphatic rings. The fourth-order valence-corrected chi connectivity index (χ4v) is 2.09. The van der Waals surface area contributed by atoms with E-state index in [1.807, 2.05) is 57.2 Å². The van der Waals surface area contributed by atoms with E-state index in [0.717, 1.165) is 11.1 Å². The Kier molecular flexibility index (Phi) is 6.89. The Labute approximate surface area is 127 Å². The second-order valence-electron chi connectivity index (χ2n) is 5.01. The molecule has 3 heteroatoms. The Morgan fingerprint density at radius 3 is 2.38 bits per heavy atom. The SMILES string of the molecule is C=C[C@@H](C)[C@@H](OC(=O)[C@H](OC)c1ccccc1)/C(C)=C/C. The first-order valence-electron chi connectivity index (χ1n) is 7.08. The molecule has 0 N–H and O–H groups in total. The molecule has 1 aromatic carbocycles. The van der Waals surface area contributed by atoms with Crippen molar-refractivity contribution in [3.05, 3.63) is 60.2 Å². The van der Waals surface area contributed by atoms with E-state index in [2.05, 4.69) is 6.58 Å². The van der Waals surface area contributed by atoms with Crippen molar-refractivity contribution < 1.29 is 14.3 Å². The summed E-state index contributed by atoms with van der Waals surface area (Å²) in [7, 11) is 1.51. The molecule has 0 bridgehead atoms. The predicted octanol–water partition coefficient (Wildman–Crippen LogP) is 4.07. The highest BCUT2D eigenvalue weighted by Crippen LogP contribution is 2.23. The van der Waals surface area contributed by atoms with Gasteiger partial charge in [-0.1, -0.05) is 49.4 Å². The second-order valence-corrected chi connectivity index (χ2v) is 5.01. The number of ether oxygens (including phenoxy) is 2. The Bertz CT molecular complexity index is 490. The zero-order valence-electron chi connectivity index (χ0n) is 13.2. The van der Waals surface area contributed by atoms with Crippen LogP contribution in [-0.4, -0.2) is 19.2 Å². The Balaban J connectivity index is 2.92. The second kappa shape index (κ2) is 8.42. The maximum atomic E-state index is 12.4. The molecular weight excluding hydrogens is 264 g/mol. The number of carbonyl (C=O) groups excluding carboxylic acids is 1. The van der Waals surface area contributed by atoms with E-state index in [-0.39, 0.29) is 18.0 Å². The molecule has 0 unspecified atom stereocenters. The lowest BCUT2D eigenvalue weighted by Crippen LogP contribution is -2.29. The van der Waals surface area contributed by atoms with Crippen molar-refractivity contribution in [3.8, 4) is 0 Å². The summed E-state index contributed by atoms with van der Waals surface area (Å²) >= 11 is 0. The van der Waals surface area contributed by atoms with Gasteiger partial charge in [0.2, 0.25) is 0 Å². The number of methoxy groups -OCH3 is 1. The highest BCUT2D eigenvalue weighted by molar-refractivity contribution is 5.77. The summed E-state index contributed by atoms with van der Waals surface area (Å²) < 4.78 is 11.0. The van der Waals surface area contributed by atoms with Crippen LogP contribution in [0.5, 0.6) is 0 Å². The van der Waals surface area contributed by atoms with Gasteiger partial charge in [0.15, 0.2) is 6.10 Å². The van der Waals surface area contributed by atoms with Gasteiger partial charge in [-0.25, -0.2) is 4.79 Å². The minimum atomic E-state index is -0.713. The lowest BCUT2D eigenvalue weighted by atomic mass is 9.98. The van der Waals surface area contributed by atoms with Crippen molar-refractivity contribution in [1.82, 2.24) is 0 Å². The number of carbonyl (C=O) groups is 1. The smallest absolute Gasteiger partial charge is 0.340 e. The van der Waals surface area contributed by atoms with Gasteiger partial charge in [0.05, 0.1) is 0 Å². The van der Waals surface area contributed by atoms with Gasteiger partial charge >= 0.3 is 5.97 Å². The Morgan fingerprint density at radius 1 is 1.29 bits per heavy atom. The van der Waals surface area contributed by atoms with Crippen molar-refractivity contribution >= 4 is 5.97 Å². The molecule has 0 aliphatic carbocycles. The van der Waals surface area contributed by atoms with E-state index in [1.54, 1.807) is 6.08 Å². The summed E-state index contributed by atoms with van der Waals surface area (Å²) in [5.41, 5.74) is 1.78. The van der Waals surface area contributed by atoms with Gasteiger partial charge < -0.3 is 9.47 Å². The fourth-order valence-electron chi connectivity index (χ4n) is 2.09.